The molecule has 1 unspecified atom stereocenters. The molecule has 0 saturated carbocycles. The molecule has 0 aliphatic carbocycles. The SMILES string of the molecule is NC(=O)CCC1CCNC1=O. The first-order chi connectivity index (χ1) is 5.20. The molecule has 0 aromatic carbocycles. The second-order valence-electron chi connectivity index (χ2n) is 2.78. The molecule has 1 atom stereocenters. The smallest absolute Gasteiger partial charge is 0.223 e. The fourth-order valence-corrected chi connectivity index (χ4v) is 1.24. The third-order valence-electron chi connectivity index (χ3n) is 1.90. The Hall–Kier alpha value is -1.06. The van der Waals surface area contributed by atoms with E-state index in [2.05, 4.69) is 5.32 Å². The summed E-state index contributed by atoms with van der Waals surface area (Å²) < 4.78 is 0. The lowest BCUT2D eigenvalue weighted by molar-refractivity contribution is -0.123. The van der Waals surface area contributed by atoms with Gasteiger partial charge in [-0.3, -0.25) is 9.59 Å². The minimum Gasteiger partial charge on any atom is -0.370 e. The zero-order valence-electron chi connectivity index (χ0n) is 6.30. The number of carbonyl (C=O) groups excluding carboxylic acids is 2. The molecule has 1 heterocycles. The van der Waals surface area contributed by atoms with Crippen LogP contribution in [-0.2, 0) is 9.59 Å². The quantitative estimate of drug-likeness (QED) is 0.572. The highest BCUT2D eigenvalue weighted by Crippen LogP contribution is 2.14. The normalized spacial score (nSPS) is 23.3. The molecule has 0 aromatic rings. The molecule has 1 aliphatic rings. The van der Waals surface area contributed by atoms with E-state index in [4.69, 9.17) is 5.73 Å². The Morgan fingerprint density at radius 1 is 1.73 bits per heavy atom. The lowest BCUT2D eigenvalue weighted by Gasteiger charge is -2.02. The molecule has 3 N–H and O–H groups in total. The zero-order chi connectivity index (χ0) is 8.27. The van der Waals surface area contributed by atoms with Crippen molar-refractivity contribution in [2.75, 3.05) is 6.54 Å². The highest BCUT2D eigenvalue weighted by Gasteiger charge is 2.23. The van der Waals surface area contributed by atoms with E-state index in [1.54, 1.807) is 0 Å². The van der Waals surface area contributed by atoms with Gasteiger partial charge in [-0.25, -0.2) is 0 Å². The van der Waals surface area contributed by atoms with Crippen LogP contribution >= 0.6 is 0 Å². The summed E-state index contributed by atoms with van der Waals surface area (Å²) in [6.45, 7) is 0.738. The molecule has 0 radical (unpaired) electrons. The topological polar surface area (TPSA) is 72.2 Å². The Balaban J connectivity index is 2.26. The molecule has 1 aliphatic heterocycles. The molecule has 1 rings (SSSR count). The number of carbonyl (C=O) groups is 2. The second-order valence-corrected chi connectivity index (χ2v) is 2.78. The van der Waals surface area contributed by atoms with Gasteiger partial charge in [0, 0.05) is 18.9 Å². The minimum absolute atomic E-state index is 0.0162. The van der Waals surface area contributed by atoms with Gasteiger partial charge in [0.05, 0.1) is 0 Å². The highest BCUT2D eigenvalue weighted by molar-refractivity contribution is 5.81. The number of primary amides is 1. The van der Waals surface area contributed by atoms with Gasteiger partial charge in [0.1, 0.15) is 0 Å². The maximum atomic E-state index is 10.9. The van der Waals surface area contributed by atoms with Crippen molar-refractivity contribution in [3.05, 3.63) is 0 Å². The van der Waals surface area contributed by atoms with Gasteiger partial charge in [0.2, 0.25) is 11.8 Å². The van der Waals surface area contributed by atoms with Crippen molar-refractivity contribution < 1.29 is 9.59 Å². The maximum Gasteiger partial charge on any atom is 0.223 e. The molecule has 0 spiro atoms. The molecule has 2 amide bonds. The third kappa shape index (κ3) is 2.22. The molecule has 4 nitrogen and oxygen atoms in total. The van der Waals surface area contributed by atoms with E-state index in [-0.39, 0.29) is 17.7 Å². The number of hydrogen-bond acceptors (Lipinski definition) is 2. The average Bonchev–Trinajstić information content (AvgIpc) is 2.31. The number of amides is 2. The van der Waals surface area contributed by atoms with Gasteiger partial charge < -0.3 is 11.1 Å². The van der Waals surface area contributed by atoms with Gasteiger partial charge in [0.15, 0.2) is 0 Å². The van der Waals surface area contributed by atoms with Gasteiger partial charge in [-0.2, -0.15) is 0 Å². The molecular weight excluding hydrogens is 144 g/mol. The minimum atomic E-state index is -0.329. The Kier molecular flexibility index (Phi) is 2.46. The first-order valence-corrected chi connectivity index (χ1v) is 3.76. The van der Waals surface area contributed by atoms with Crippen LogP contribution in [0.15, 0.2) is 0 Å². The summed E-state index contributed by atoms with van der Waals surface area (Å²) in [6, 6.07) is 0. The first-order valence-electron chi connectivity index (χ1n) is 3.76. The van der Waals surface area contributed by atoms with E-state index >= 15 is 0 Å². The second kappa shape index (κ2) is 3.37. The van der Waals surface area contributed by atoms with Crippen molar-refractivity contribution in [2.24, 2.45) is 11.7 Å². The van der Waals surface area contributed by atoms with E-state index in [0.717, 1.165) is 13.0 Å². The summed E-state index contributed by atoms with van der Waals surface area (Å²) in [5.74, 6) is -0.251. The van der Waals surface area contributed by atoms with Crippen molar-refractivity contribution in [1.29, 1.82) is 0 Å². The number of hydrogen-bond donors (Lipinski definition) is 2. The summed E-state index contributed by atoms with van der Waals surface area (Å²) in [7, 11) is 0. The number of nitrogens with two attached hydrogens (primary N) is 1. The van der Waals surface area contributed by atoms with Crippen LogP contribution in [0.5, 0.6) is 0 Å². The molecule has 0 aromatic heterocycles. The van der Waals surface area contributed by atoms with E-state index in [0.29, 0.717) is 12.8 Å². The third-order valence-corrected chi connectivity index (χ3v) is 1.90. The summed E-state index contributed by atoms with van der Waals surface area (Å²) in [6.07, 6.45) is 1.76. The Bertz CT molecular complexity index is 179. The van der Waals surface area contributed by atoms with Crippen molar-refractivity contribution in [2.45, 2.75) is 19.3 Å². The first kappa shape index (κ1) is 8.04. The van der Waals surface area contributed by atoms with Crippen LogP contribution in [0.1, 0.15) is 19.3 Å². The van der Waals surface area contributed by atoms with E-state index in [1.807, 2.05) is 0 Å². The lowest BCUT2D eigenvalue weighted by atomic mass is 10.0. The van der Waals surface area contributed by atoms with E-state index < -0.39 is 0 Å². The largest absolute Gasteiger partial charge is 0.370 e. The number of rotatable bonds is 3. The van der Waals surface area contributed by atoms with Crippen LogP contribution in [0.4, 0.5) is 0 Å². The molecular formula is C7H12N2O2. The molecule has 11 heavy (non-hydrogen) atoms. The van der Waals surface area contributed by atoms with Gasteiger partial charge in [0.25, 0.3) is 0 Å². The summed E-state index contributed by atoms with van der Waals surface area (Å²) in [4.78, 5) is 21.3. The van der Waals surface area contributed by atoms with Crippen molar-refractivity contribution in [3.63, 3.8) is 0 Å². The van der Waals surface area contributed by atoms with Crippen molar-refractivity contribution >= 4 is 11.8 Å². The van der Waals surface area contributed by atoms with Gasteiger partial charge in [-0.1, -0.05) is 0 Å². The monoisotopic (exact) mass is 156 g/mol. The fraction of sp³-hybridized carbons (Fsp3) is 0.714. The van der Waals surface area contributed by atoms with E-state index in [1.165, 1.54) is 0 Å². The predicted octanol–water partition coefficient (Wildman–Crippen LogP) is -0.612. The predicted molar refractivity (Wildman–Crippen MR) is 39.5 cm³/mol. The Morgan fingerprint density at radius 3 is 2.91 bits per heavy atom. The van der Waals surface area contributed by atoms with Crippen molar-refractivity contribution in [3.8, 4) is 0 Å². The molecule has 1 saturated heterocycles. The Morgan fingerprint density at radius 2 is 2.45 bits per heavy atom. The lowest BCUT2D eigenvalue weighted by Crippen LogP contribution is -2.20. The van der Waals surface area contributed by atoms with Crippen LogP contribution in [-0.4, -0.2) is 18.4 Å². The van der Waals surface area contributed by atoms with Crippen molar-refractivity contribution in [1.82, 2.24) is 5.32 Å². The maximum absolute atomic E-state index is 10.9. The Labute approximate surface area is 65.1 Å². The standard InChI is InChI=1S/C7H12N2O2/c8-6(10)2-1-5-3-4-9-7(5)11/h5H,1-4H2,(H2,8,10)(H,9,11). The van der Waals surface area contributed by atoms with E-state index in [9.17, 15) is 9.59 Å². The van der Waals surface area contributed by atoms with Crippen LogP contribution < -0.4 is 11.1 Å². The van der Waals surface area contributed by atoms with Gasteiger partial charge >= 0.3 is 0 Å². The van der Waals surface area contributed by atoms with Crippen LogP contribution in [0, 0.1) is 5.92 Å². The molecule has 62 valence electrons. The highest BCUT2D eigenvalue weighted by atomic mass is 16.2. The summed E-state index contributed by atoms with van der Waals surface area (Å²) >= 11 is 0. The number of nitrogens with one attached hydrogen (secondary N) is 1. The van der Waals surface area contributed by atoms with Crippen LogP contribution in [0.3, 0.4) is 0 Å². The molecule has 1 fully saturated rings. The van der Waals surface area contributed by atoms with Gasteiger partial charge in [-0.15, -0.1) is 0 Å². The van der Waals surface area contributed by atoms with Crippen LogP contribution in [0.2, 0.25) is 0 Å². The zero-order valence-corrected chi connectivity index (χ0v) is 6.30. The summed E-state index contributed by atoms with van der Waals surface area (Å²) in [5.41, 5.74) is 4.95. The molecule has 0 bridgehead atoms. The van der Waals surface area contributed by atoms with Gasteiger partial charge in [-0.05, 0) is 12.8 Å². The fourth-order valence-electron chi connectivity index (χ4n) is 1.24. The molecule has 4 heteroatoms. The average molecular weight is 156 g/mol. The van der Waals surface area contributed by atoms with Crippen LogP contribution in [0.25, 0.3) is 0 Å². The summed E-state index contributed by atoms with van der Waals surface area (Å²) in [5, 5.41) is 2.70.